The highest BCUT2D eigenvalue weighted by Crippen LogP contribution is 2.26. The minimum Gasteiger partial charge on any atom is -0.390 e. The number of benzene rings is 2. The maximum atomic E-state index is 14.2. The van der Waals surface area contributed by atoms with Gasteiger partial charge in [-0.25, -0.2) is 13.2 Å². The summed E-state index contributed by atoms with van der Waals surface area (Å²) in [7, 11) is 0. The van der Waals surface area contributed by atoms with Crippen LogP contribution < -0.4 is 5.32 Å². The number of alkyl halides is 2. The Morgan fingerprint density at radius 2 is 1.68 bits per heavy atom. The van der Waals surface area contributed by atoms with E-state index in [4.69, 9.17) is 0 Å². The molecule has 0 aromatic heterocycles. The summed E-state index contributed by atoms with van der Waals surface area (Å²) >= 11 is 0. The molecule has 0 aliphatic carbocycles. The molecule has 2 atom stereocenters. The van der Waals surface area contributed by atoms with Crippen molar-refractivity contribution < 1.29 is 23.1 Å². The Morgan fingerprint density at radius 3 is 2.24 bits per heavy atom. The largest absolute Gasteiger partial charge is 0.390 e. The molecule has 0 fully saturated rings. The lowest BCUT2D eigenvalue weighted by atomic mass is 9.93. The van der Waals surface area contributed by atoms with Gasteiger partial charge in [-0.1, -0.05) is 56.3 Å². The number of hydrogen-bond donors (Lipinski definition) is 2. The van der Waals surface area contributed by atoms with E-state index in [1.807, 2.05) is 0 Å². The highest BCUT2D eigenvalue weighted by molar-refractivity contribution is 5.95. The summed E-state index contributed by atoms with van der Waals surface area (Å²) in [6.45, 7) is 3.57. The number of halogens is 3. The summed E-state index contributed by atoms with van der Waals surface area (Å²) in [6, 6.07) is 11.2. The zero-order chi connectivity index (χ0) is 18.6. The van der Waals surface area contributed by atoms with E-state index in [2.05, 4.69) is 5.32 Å². The number of carbonyl (C=O) groups is 1. The van der Waals surface area contributed by atoms with Gasteiger partial charge in [-0.05, 0) is 17.5 Å². The molecule has 0 saturated carbocycles. The lowest BCUT2D eigenvalue weighted by molar-refractivity contribution is 0.0682. The second-order valence-electron chi connectivity index (χ2n) is 6.11. The number of nitrogens with one attached hydrogen (secondary N) is 1. The molecular formula is C19H20F3NO2. The van der Waals surface area contributed by atoms with Crippen LogP contribution in [0.2, 0.25) is 0 Å². The first-order valence-electron chi connectivity index (χ1n) is 7.93. The predicted octanol–water partition coefficient (Wildman–Crippen LogP) is 4.25. The average molecular weight is 351 g/mol. The van der Waals surface area contributed by atoms with Crippen molar-refractivity contribution in [3.8, 4) is 0 Å². The van der Waals surface area contributed by atoms with Gasteiger partial charge >= 0.3 is 0 Å². The number of carbonyl (C=O) groups excluding carboxylic acids is 1. The van der Waals surface area contributed by atoms with Crippen LogP contribution in [0.15, 0.2) is 48.5 Å². The van der Waals surface area contributed by atoms with Gasteiger partial charge in [0, 0.05) is 0 Å². The molecule has 25 heavy (non-hydrogen) atoms. The highest BCUT2D eigenvalue weighted by atomic mass is 19.3. The van der Waals surface area contributed by atoms with E-state index in [0.29, 0.717) is 5.56 Å². The maximum Gasteiger partial charge on any atom is 0.266 e. The van der Waals surface area contributed by atoms with Crippen LogP contribution in [0, 0.1) is 11.7 Å². The van der Waals surface area contributed by atoms with Crippen molar-refractivity contribution >= 4 is 5.91 Å². The molecule has 0 heterocycles. The smallest absolute Gasteiger partial charge is 0.266 e. The summed E-state index contributed by atoms with van der Waals surface area (Å²) in [5.74, 6) is -2.28. The second-order valence-corrected chi connectivity index (χ2v) is 6.11. The second kappa shape index (κ2) is 8.16. The fourth-order valence-electron chi connectivity index (χ4n) is 2.52. The van der Waals surface area contributed by atoms with Gasteiger partial charge in [0.25, 0.3) is 12.3 Å². The molecule has 134 valence electrons. The van der Waals surface area contributed by atoms with Gasteiger partial charge in [-0.15, -0.1) is 0 Å². The molecule has 3 nitrogen and oxygen atoms in total. The van der Waals surface area contributed by atoms with Gasteiger partial charge in [-0.2, -0.15) is 0 Å². The van der Waals surface area contributed by atoms with Crippen LogP contribution in [0.1, 0.15) is 47.8 Å². The lowest BCUT2D eigenvalue weighted by Gasteiger charge is -2.27. The van der Waals surface area contributed by atoms with E-state index >= 15 is 0 Å². The van der Waals surface area contributed by atoms with Crippen LogP contribution in [0.25, 0.3) is 0 Å². The number of amides is 1. The van der Waals surface area contributed by atoms with E-state index in [1.54, 1.807) is 44.2 Å². The molecule has 0 aliphatic heterocycles. The number of aliphatic hydroxyl groups is 1. The first kappa shape index (κ1) is 19.0. The average Bonchev–Trinajstić information content (AvgIpc) is 2.59. The molecular weight excluding hydrogens is 331 g/mol. The first-order chi connectivity index (χ1) is 11.8. The summed E-state index contributed by atoms with van der Waals surface area (Å²) in [5.41, 5.74) is -0.662. The molecule has 0 aliphatic rings. The number of aliphatic hydroxyl groups excluding tert-OH is 1. The molecule has 2 N–H and O–H groups in total. The van der Waals surface area contributed by atoms with Crippen molar-refractivity contribution in [1.82, 2.24) is 5.32 Å². The van der Waals surface area contributed by atoms with E-state index in [1.165, 1.54) is 6.07 Å². The Bertz CT molecular complexity index is 720. The van der Waals surface area contributed by atoms with Crippen molar-refractivity contribution in [3.63, 3.8) is 0 Å². The monoisotopic (exact) mass is 351 g/mol. The fraction of sp³-hybridized carbons (Fsp3) is 0.316. The Kier molecular flexibility index (Phi) is 6.20. The van der Waals surface area contributed by atoms with Crippen LogP contribution >= 0.6 is 0 Å². The highest BCUT2D eigenvalue weighted by Gasteiger charge is 2.28. The third-order valence-corrected chi connectivity index (χ3v) is 3.98. The molecule has 0 radical (unpaired) electrons. The molecule has 0 saturated heterocycles. The molecule has 1 amide bonds. The summed E-state index contributed by atoms with van der Waals surface area (Å²) in [4.78, 5) is 12.4. The van der Waals surface area contributed by atoms with Crippen molar-refractivity contribution in [1.29, 1.82) is 0 Å². The Balaban J connectivity index is 2.33. The summed E-state index contributed by atoms with van der Waals surface area (Å²) in [6.07, 6.45) is -3.94. The normalized spacial score (nSPS) is 13.8. The van der Waals surface area contributed by atoms with Gasteiger partial charge in [0.2, 0.25) is 0 Å². The summed E-state index contributed by atoms with van der Waals surface area (Å²) in [5, 5.41) is 13.0. The third-order valence-electron chi connectivity index (χ3n) is 3.98. The Hall–Kier alpha value is -2.34. The SMILES string of the molecule is CC(C)C(O)C(NC(=O)c1cccc(C(F)F)c1F)c1ccccc1. The van der Waals surface area contributed by atoms with E-state index < -0.39 is 41.4 Å². The Morgan fingerprint density at radius 1 is 1.04 bits per heavy atom. The van der Waals surface area contributed by atoms with Gasteiger partial charge in [0.05, 0.1) is 23.3 Å². The molecule has 0 spiro atoms. The molecule has 0 bridgehead atoms. The zero-order valence-corrected chi connectivity index (χ0v) is 13.9. The van der Waals surface area contributed by atoms with Crippen LogP contribution in [0.4, 0.5) is 13.2 Å². The van der Waals surface area contributed by atoms with Gasteiger partial charge < -0.3 is 10.4 Å². The van der Waals surface area contributed by atoms with E-state index in [-0.39, 0.29) is 5.92 Å². The van der Waals surface area contributed by atoms with Crippen molar-refractivity contribution in [2.45, 2.75) is 32.4 Å². The first-order valence-corrected chi connectivity index (χ1v) is 7.93. The van der Waals surface area contributed by atoms with Crippen LogP contribution in [-0.2, 0) is 0 Å². The molecule has 6 heteroatoms. The van der Waals surface area contributed by atoms with Crippen molar-refractivity contribution in [3.05, 3.63) is 71.0 Å². The standard InChI is InChI=1S/C19H20F3NO2/c1-11(2)17(24)16(12-7-4-3-5-8-12)23-19(25)14-10-6-9-13(15(14)20)18(21)22/h3-11,16-18,24H,1-2H3,(H,23,25). The summed E-state index contributed by atoms with van der Waals surface area (Å²) < 4.78 is 39.8. The van der Waals surface area contributed by atoms with E-state index in [9.17, 15) is 23.1 Å². The topological polar surface area (TPSA) is 49.3 Å². The molecule has 2 aromatic rings. The zero-order valence-electron chi connectivity index (χ0n) is 13.9. The molecule has 2 rings (SSSR count). The van der Waals surface area contributed by atoms with Gasteiger partial charge in [0.1, 0.15) is 5.82 Å². The van der Waals surface area contributed by atoms with Crippen molar-refractivity contribution in [2.75, 3.05) is 0 Å². The Labute approximate surface area is 144 Å². The van der Waals surface area contributed by atoms with Gasteiger partial charge in [-0.3, -0.25) is 4.79 Å². The maximum absolute atomic E-state index is 14.2. The lowest BCUT2D eigenvalue weighted by Crippen LogP contribution is -2.39. The van der Waals surface area contributed by atoms with Crippen LogP contribution in [0.3, 0.4) is 0 Å². The van der Waals surface area contributed by atoms with Crippen LogP contribution in [0.5, 0.6) is 0 Å². The quantitative estimate of drug-likeness (QED) is 0.817. The number of rotatable bonds is 6. The molecule has 2 unspecified atom stereocenters. The minimum absolute atomic E-state index is 0.178. The van der Waals surface area contributed by atoms with Crippen LogP contribution in [-0.4, -0.2) is 17.1 Å². The number of hydrogen-bond acceptors (Lipinski definition) is 2. The fourth-order valence-corrected chi connectivity index (χ4v) is 2.52. The van der Waals surface area contributed by atoms with E-state index in [0.717, 1.165) is 12.1 Å². The molecule has 2 aromatic carbocycles. The van der Waals surface area contributed by atoms with Gasteiger partial charge in [0.15, 0.2) is 0 Å². The minimum atomic E-state index is -3.01. The van der Waals surface area contributed by atoms with Crippen molar-refractivity contribution in [2.24, 2.45) is 5.92 Å². The predicted molar refractivity (Wildman–Crippen MR) is 88.9 cm³/mol. The third kappa shape index (κ3) is 4.39.